The summed E-state index contributed by atoms with van der Waals surface area (Å²) in [6.45, 7) is 0. The van der Waals surface area contributed by atoms with E-state index in [4.69, 9.17) is 0 Å². The molecule has 0 radical (unpaired) electrons. The highest BCUT2D eigenvalue weighted by Crippen LogP contribution is 2.44. The van der Waals surface area contributed by atoms with Crippen molar-refractivity contribution in [2.24, 2.45) is 7.05 Å². The topological polar surface area (TPSA) is 66.1 Å². The maximum Gasteiger partial charge on any atom is 0.255 e. The van der Waals surface area contributed by atoms with Crippen LogP contribution in [0.15, 0.2) is 23.1 Å². The van der Waals surface area contributed by atoms with Crippen molar-refractivity contribution in [2.45, 2.75) is 43.7 Å². The zero-order chi connectivity index (χ0) is 14.3. The number of aryl methyl sites for hydroxylation is 1. The van der Waals surface area contributed by atoms with Gasteiger partial charge in [-0.25, -0.2) is 0 Å². The van der Waals surface area contributed by atoms with Crippen LogP contribution in [0.5, 0.6) is 0 Å². The highest BCUT2D eigenvalue weighted by molar-refractivity contribution is 5.95. The Morgan fingerprint density at radius 2 is 2.20 bits per heavy atom. The molecular formula is C15H17N3O2. The van der Waals surface area contributed by atoms with Crippen LogP contribution < -0.4 is 5.56 Å². The number of nitriles is 1. The van der Waals surface area contributed by atoms with Gasteiger partial charge in [-0.1, -0.05) is 0 Å². The molecule has 0 spiro atoms. The second-order valence-corrected chi connectivity index (χ2v) is 5.77. The SMILES string of the molecule is Cn1ccc(C(=O)N(C2CC2)C2(C#N)CCC2)cc1=O. The first-order valence-electron chi connectivity index (χ1n) is 6.99. The zero-order valence-corrected chi connectivity index (χ0v) is 11.5. The van der Waals surface area contributed by atoms with E-state index in [1.165, 1.54) is 10.6 Å². The van der Waals surface area contributed by atoms with Crippen molar-refractivity contribution in [2.75, 3.05) is 0 Å². The molecule has 1 aromatic heterocycles. The summed E-state index contributed by atoms with van der Waals surface area (Å²) in [7, 11) is 1.65. The van der Waals surface area contributed by atoms with E-state index in [1.54, 1.807) is 24.2 Å². The van der Waals surface area contributed by atoms with Gasteiger partial charge in [-0.2, -0.15) is 5.26 Å². The van der Waals surface area contributed by atoms with Gasteiger partial charge in [0.2, 0.25) is 0 Å². The number of pyridine rings is 1. The van der Waals surface area contributed by atoms with E-state index >= 15 is 0 Å². The van der Waals surface area contributed by atoms with Crippen LogP contribution in [0.2, 0.25) is 0 Å². The molecule has 0 aromatic carbocycles. The quantitative estimate of drug-likeness (QED) is 0.835. The predicted octanol–water partition coefficient (Wildman–Crippen LogP) is 1.44. The largest absolute Gasteiger partial charge is 0.319 e. The van der Waals surface area contributed by atoms with Gasteiger partial charge in [0.1, 0.15) is 5.54 Å². The molecule has 2 saturated carbocycles. The minimum absolute atomic E-state index is 0.173. The van der Waals surface area contributed by atoms with E-state index < -0.39 is 5.54 Å². The van der Waals surface area contributed by atoms with Crippen molar-refractivity contribution < 1.29 is 4.79 Å². The summed E-state index contributed by atoms with van der Waals surface area (Å²) in [6, 6.07) is 5.53. The molecule has 0 aliphatic heterocycles. The van der Waals surface area contributed by atoms with Crippen LogP contribution in [0.25, 0.3) is 0 Å². The molecule has 5 nitrogen and oxygen atoms in total. The third kappa shape index (κ3) is 1.92. The van der Waals surface area contributed by atoms with Gasteiger partial charge in [0.05, 0.1) is 6.07 Å². The number of aromatic nitrogens is 1. The molecule has 2 aliphatic carbocycles. The average molecular weight is 271 g/mol. The van der Waals surface area contributed by atoms with Crippen molar-refractivity contribution in [3.8, 4) is 6.07 Å². The molecule has 1 heterocycles. The summed E-state index contributed by atoms with van der Waals surface area (Å²) in [5.74, 6) is -0.175. The molecule has 0 unspecified atom stereocenters. The van der Waals surface area contributed by atoms with Gasteiger partial charge in [-0.15, -0.1) is 0 Å². The number of amides is 1. The second kappa shape index (κ2) is 4.48. The van der Waals surface area contributed by atoms with Crippen molar-refractivity contribution >= 4 is 5.91 Å². The maximum atomic E-state index is 12.7. The van der Waals surface area contributed by atoms with Crippen LogP contribution in [-0.2, 0) is 7.05 Å². The van der Waals surface area contributed by atoms with Crippen LogP contribution in [0.4, 0.5) is 0 Å². The van der Waals surface area contributed by atoms with E-state index in [1.807, 2.05) is 0 Å². The molecule has 1 amide bonds. The fourth-order valence-electron chi connectivity index (χ4n) is 2.78. The standard InChI is InChI=1S/C15H17N3O2/c1-17-8-5-11(9-13(17)19)14(20)18(12-3-4-12)15(10-16)6-2-7-15/h5,8-9,12H,2-4,6-7H2,1H3. The molecule has 2 aliphatic rings. The van der Waals surface area contributed by atoms with Crippen LogP contribution in [0, 0.1) is 11.3 Å². The molecule has 5 heteroatoms. The summed E-state index contributed by atoms with van der Waals surface area (Å²) in [6.07, 6.45) is 5.99. The minimum atomic E-state index is -0.640. The Hall–Kier alpha value is -2.09. The van der Waals surface area contributed by atoms with Crippen molar-refractivity contribution in [1.29, 1.82) is 5.26 Å². The number of nitrogens with zero attached hydrogens (tertiary/aromatic N) is 3. The summed E-state index contributed by atoms with van der Waals surface area (Å²) in [5.41, 5.74) is -0.452. The Morgan fingerprint density at radius 1 is 1.50 bits per heavy atom. The number of hydrogen-bond donors (Lipinski definition) is 0. The van der Waals surface area contributed by atoms with Crippen LogP contribution in [-0.4, -0.2) is 27.0 Å². The maximum absolute atomic E-state index is 12.7. The first kappa shape index (κ1) is 12.9. The summed E-state index contributed by atoms with van der Waals surface area (Å²) >= 11 is 0. The van der Waals surface area contributed by atoms with E-state index in [2.05, 4.69) is 6.07 Å². The van der Waals surface area contributed by atoms with Crippen LogP contribution in [0.1, 0.15) is 42.5 Å². The highest BCUT2D eigenvalue weighted by Gasteiger charge is 2.51. The lowest BCUT2D eigenvalue weighted by molar-refractivity contribution is 0.0361. The van der Waals surface area contributed by atoms with Crippen molar-refractivity contribution in [3.63, 3.8) is 0 Å². The Kier molecular flexibility index (Phi) is 2.89. The van der Waals surface area contributed by atoms with E-state index in [-0.39, 0.29) is 17.5 Å². The second-order valence-electron chi connectivity index (χ2n) is 5.77. The molecule has 0 saturated heterocycles. The zero-order valence-electron chi connectivity index (χ0n) is 11.5. The molecule has 1 aromatic rings. The van der Waals surface area contributed by atoms with Gasteiger partial charge in [-0.3, -0.25) is 9.59 Å². The number of carbonyl (C=O) groups is 1. The van der Waals surface area contributed by atoms with Crippen LogP contribution >= 0.6 is 0 Å². The van der Waals surface area contributed by atoms with E-state index in [0.29, 0.717) is 5.56 Å². The molecule has 2 fully saturated rings. The molecule has 0 bridgehead atoms. The lowest BCUT2D eigenvalue weighted by Crippen LogP contribution is -2.56. The highest BCUT2D eigenvalue weighted by atomic mass is 16.2. The Balaban J connectivity index is 1.96. The predicted molar refractivity (Wildman–Crippen MR) is 73.1 cm³/mol. The first-order chi connectivity index (χ1) is 9.57. The third-order valence-corrected chi connectivity index (χ3v) is 4.33. The lowest BCUT2D eigenvalue weighted by Gasteiger charge is -2.45. The summed E-state index contributed by atoms with van der Waals surface area (Å²) in [4.78, 5) is 26.1. The number of rotatable bonds is 3. The van der Waals surface area contributed by atoms with E-state index in [9.17, 15) is 14.9 Å². The Bertz CT molecular complexity index is 648. The molecule has 20 heavy (non-hydrogen) atoms. The van der Waals surface area contributed by atoms with Gasteiger partial charge in [0, 0.05) is 30.9 Å². The van der Waals surface area contributed by atoms with Gasteiger partial charge in [-0.05, 0) is 38.2 Å². The van der Waals surface area contributed by atoms with Crippen molar-refractivity contribution in [3.05, 3.63) is 34.2 Å². The molecule has 3 rings (SSSR count). The normalized spacial score (nSPS) is 19.8. The molecular weight excluding hydrogens is 254 g/mol. The fraction of sp³-hybridized carbons (Fsp3) is 0.533. The molecule has 104 valence electrons. The first-order valence-corrected chi connectivity index (χ1v) is 6.99. The Labute approximate surface area is 117 Å². The fourth-order valence-corrected chi connectivity index (χ4v) is 2.78. The van der Waals surface area contributed by atoms with Gasteiger partial charge < -0.3 is 9.47 Å². The smallest absolute Gasteiger partial charge is 0.255 e. The molecule has 0 atom stereocenters. The third-order valence-electron chi connectivity index (χ3n) is 4.33. The Morgan fingerprint density at radius 3 is 2.65 bits per heavy atom. The molecule has 0 N–H and O–H groups in total. The average Bonchev–Trinajstić information content (AvgIpc) is 3.20. The van der Waals surface area contributed by atoms with Gasteiger partial charge in [0.15, 0.2) is 0 Å². The lowest BCUT2D eigenvalue weighted by atomic mass is 9.76. The number of carbonyl (C=O) groups excluding carboxylic acids is 1. The van der Waals surface area contributed by atoms with Gasteiger partial charge >= 0.3 is 0 Å². The number of hydrogen-bond acceptors (Lipinski definition) is 3. The van der Waals surface area contributed by atoms with Crippen molar-refractivity contribution in [1.82, 2.24) is 9.47 Å². The monoisotopic (exact) mass is 271 g/mol. The van der Waals surface area contributed by atoms with Crippen LogP contribution in [0.3, 0.4) is 0 Å². The summed E-state index contributed by atoms with van der Waals surface area (Å²) < 4.78 is 1.43. The van der Waals surface area contributed by atoms with Gasteiger partial charge in [0.25, 0.3) is 11.5 Å². The van der Waals surface area contributed by atoms with E-state index in [0.717, 1.165) is 32.1 Å². The minimum Gasteiger partial charge on any atom is -0.319 e. The summed E-state index contributed by atoms with van der Waals surface area (Å²) in [5, 5.41) is 9.47.